The molecule has 0 aromatic carbocycles. The van der Waals surface area contributed by atoms with Crippen LogP contribution in [0.25, 0.3) is 0 Å². The summed E-state index contributed by atoms with van der Waals surface area (Å²) in [5, 5.41) is 6.78. The summed E-state index contributed by atoms with van der Waals surface area (Å²) in [6.45, 7) is 11.9. The van der Waals surface area contributed by atoms with Crippen molar-refractivity contribution < 1.29 is 4.74 Å². The largest absolute Gasteiger partial charge is 0.376 e. The average molecular weight is 452 g/mol. The molecule has 0 amide bonds. The number of hydrogen-bond acceptors (Lipinski definition) is 3. The van der Waals surface area contributed by atoms with E-state index in [0.717, 1.165) is 44.5 Å². The van der Waals surface area contributed by atoms with Crippen molar-refractivity contribution in [1.29, 1.82) is 0 Å². The topological polar surface area (TPSA) is 48.9 Å². The van der Waals surface area contributed by atoms with E-state index in [0.29, 0.717) is 6.10 Å². The molecule has 0 bridgehead atoms. The first-order valence-electron chi connectivity index (χ1n) is 9.64. The Morgan fingerprint density at radius 2 is 1.96 bits per heavy atom. The van der Waals surface area contributed by atoms with E-state index in [1.807, 2.05) is 0 Å². The van der Waals surface area contributed by atoms with Crippen LogP contribution in [0.4, 0.5) is 0 Å². The van der Waals surface area contributed by atoms with E-state index >= 15 is 0 Å². The third-order valence-corrected chi connectivity index (χ3v) is 4.89. The molecule has 142 valence electrons. The van der Waals surface area contributed by atoms with Crippen molar-refractivity contribution in [3.8, 4) is 0 Å². The standard InChI is InChI=1S/C18H36N4O.HI/c1-3-19-18(21-15-17-7-6-14-23-17)20-10-4-5-11-22-12-8-16(2)9-13-22;/h16-17H,3-15H2,1-2H3,(H2,19,20,21);1H. The van der Waals surface area contributed by atoms with Crippen LogP contribution in [0.3, 0.4) is 0 Å². The van der Waals surface area contributed by atoms with E-state index in [4.69, 9.17) is 4.74 Å². The Labute approximate surface area is 165 Å². The van der Waals surface area contributed by atoms with Gasteiger partial charge in [-0.05, 0) is 71.0 Å². The maximum Gasteiger partial charge on any atom is 0.191 e. The first-order valence-corrected chi connectivity index (χ1v) is 9.64. The highest BCUT2D eigenvalue weighted by Crippen LogP contribution is 2.16. The summed E-state index contributed by atoms with van der Waals surface area (Å²) >= 11 is 0. The lowest BCUT2D eigenvalue weighted by Crippen LogP contribution is -2.39. The van der Waals surface area contributed by atoms with E-state index in [2.05, 4.69) is 34.4 Å². The van der Waals surface area contributed by atoms with Gasteiger partial charge in [-0.15, -0.1) is 24.0 Å². The van der Waals surface area contributed by atoms with Gasteiger partial charge in [0.2, 0.25) is 0 Å². The Hall–Kier alpha value is -0.0800. The van der Waals surface area contributed by atoms with Crippen molar-refractivity contribution in [1.82, 2.24) is 15.5 Å². The first kappa shape index (κ1) is 22.0. The zero-order chi connectivity index (χ0) is 16.3. The maximum atomic E-state index is 5.63. The van der Waals surface area contributed by atoms with E-state index in [-0.39, 0.29) is 24.0 Å². The molecule has 2 aliphatic heterocycles. The summed E-state index contributed by atoms with van der Waals surface area (Å²) in [6, 6.07) is 0. The Morgan fingerprint density at radius 3 is 2.62 bits per heavy atom. The van der Waals surface area contributed by atoms with Gasteiger partial charge >= 0.3 is 0 Å². The van der Waals surface area contributed by atoms with Crippen molar-refractivity contribution in [3.05, 3.63) is 0 Å². The molecule has 0 radical (unpaired) electrons. The number of hydrogen-bond donors (Lipinski definition) is 2. The fourth-order valence-electron chi connectivity index (χ4n) is 3.28. The molecule has 1 atom stereocenters. The van der Waals surface area contributed by atoms with Crippen molar-refractivity contribution in [2.24, 2.45) is 10.9 Å². The van der Waals surface area contributed by atoms with Crippen LogP contribution in [-0.4, -0.2) is 62.8 Å². The Bertz CT molecular complexity index is 340. The lowest BCUT2D eigenvalue weighted by atomic mass is 9.99. The number of halogens is 1. The summed E-state index contributed by atoms with van der Waals surface area (Å²) in [7, 11) is 0. The quantitative estimate of drug-likeness (QED) is 0.258. The molecular weight excluding hydrogens is 415 g/mol. The van der Waals surface area contributed by atoms with Gasteiger partial charge in [-0.2, -0.15) is 0 Å². The van der Waals surface area contributed by atoms with E-state index in [1.165, 1.54) is 51.7 Å². The monoisotopic (exact) mass is 452 g/mol. The molecule has 2 aliphatic rings. The van der Waals surface area contributed by atoms with Gasteiger partial charge in [-0.1, -0.05) is 6.92 Å². The fraction of sp³-hybridized carbons (Fsp3) is 0.944. The number of piperidine rings is 1. The number of unbranched alkanes of at least 4 members (excludes halogenated alkanes) is 1. The summed E-state index contributed by atoms with van der Waals surface area (Å²) in [5.41, 5.74) is 0. The van der Waals surface area contributed by atoms with Crippen molar-refractivity contribution >= 4 is 29.9 Å². The molecule has 0 aliphatic carbocycles. The van der Waals surface area contributed by atoms with Gasteiger partial charge in [0.1, 0.15) is 0 Å². The highest BCUT2D eigenvalue weighted by molar-refractivity contribution is 14.0. The summed E-state index contributed by atoms with van der Waals surface area (Å²) in [4.78, 5) is 7.27. The van der Waals surface area contributed by atoms with Crippen LogP contribution in [0.5, 0.6) is 0 Å². The van der Waals surface area contributed by atoms with E-state index in [9.17, 15) is 0 Å². The van der Waals surface area contributed by atoms with Crippen LogP contribution in [0.1, 0.15) is 52.4 Å². The minimum absolute atomic E-state index is 0. The predicted octanol–water partition coefficient (Wildman–Crippen LogP) is 2.85. The second-order valence-electron chi connectivity index (χ2n) is 7.01. The number of guanidine groups is 1. The fourth-order valence-corrected chi connectivity index (χ4v) is 3.28. The minimum Gasteiger partial charge on any atom is -0.376 e. The number of aliphatic imine (C=N–C) groups is 1. The summed E-state index contributed by atoms with van der Waals surface area (Å²) in [5.74, 6) is 1.87. The predicted molar refractivity (Wildman–Crippen MR) is 112 cm³/mol. The van der Waals surface area contributed by atoms with Gasteiger partial charge in [-0.3, -0.25) is 4.99 Å². The molecule has 2 heterocycles. The van der Waals surface area contributed by atoms with Gasteiger partial charge in [0.25, 0.3) is 0 Å². The zero-order valence-corrected chi connectivity index (χ0v) is 17.9. The minimum atomic E-state index is 0. The number of ether oxygens (including phenoxy) is 1. The van der Waals surface area contributed by atoms with Gasteiger partial charge in [0.05, 0.1) is 12.6 Å². The van der Waals surface area contributed by atoms with Crippen molar-refractivity contribution in [2.75, 3.05) is 45.9 Å². The highest BCUT2D eigenvalue weighted by Gasteiger charge is 2.15. The molecule has 2 saturated heterocycles. The SMILES string of the molecule is CCNC(=NCC1CCCO1)NCCCCN1CCC(C)CC1.I. The smallest absolute Gasteiger partial charge is 0.191 e. The van der Waals surface area contributed by atoms with Crippen LogP contribution in [0, 0.1) is 5.92 Å². The lowest BCUT2D eigenvalue weighted by molar-refractivity contribution is 0.117. The molecule has 0 saturated carbocycles. The normalized spacial score (nSPS) is 23.1. The molecule has 6 heteroatoms. The van der Waals surface area contributed by atoms with Gasteiger partial charge in [0, 0.05) is 19.7 Å². The molecule has 1 unspecified atom stereocenters. The Balaban J connectivity index is 0.00000288. The molecule has 24 heavy (non-hydrogen) atoms. The molecule has 2 fully saturated rings. The van der Waals surface area contributed by atoms with Crippen molar-refractivity contribution in [2.45, 2.75) is 58.5 Å². The molecule has 2 rings (SSSR count). The third-order valence-electron chi connectivity index (χ3n) is 4.89. The molecule has 2 N–H and O–H groups in total. The molecular formula is C18H37IN4O. The van der Waals surface area contributed by atoms with Crippen LogP contribution in [0.2, 0.25) is 0 Å². The van der Waals surface area contributed by atoms with E-state index < -0.39 is 0 Å². The first-order chi connectivity index (χ1) is 11.3. The highest BCUT2D eigenvalue weighted by atomic mass is 127. The van der Waals surface area contributed by atoms with Gasteiger partial charge in [-0.25, -0.2) is 0 Å². The Morgan fingerprint density at radius 1 is 1.17 bits per heavy atom. The second kappa shape index (κ2) is 13.2. The zero-order valence-electron chi connectivity index (χ0n) is 15.6. The molecule has 5 nitrogen and oxygen atoms in total. The van der Waals surface area contributed by atoms with Gasteiger partial charge < -0.3 is 20.3 Å². The van der Waals surface area contributed by atoms with Gasteiger partial charge in [0.15, 0.2) is 5.96 Å². The molecule has 0 spiro atoms. The summed E-state index contributed by atoms with van der Waals surface area (Å²) in [6.07, 6.45) is 7.88. The third kappa shape index (κ3) is 8.85. The molecule has 0 aromatic rings. The number of likely N-dealkylation sites (tertiary alicyclic amines) is 1. The van der Waals surface area contributed by atoms with Crippen LogP contribution < -0.4 is 10.6 Å². The number of nitrogens with zero attached hydrogens (tertiary/aromatic N) is 2. The number of rotatable bonds is 8. The number of nitrogens with one attached hydrogen (secondary N) is 2. The second-order valence-corrected chi connectivity index (χ2v) is 7.01. The Kier molecular flexibility index (Phi) is 12.0. The van der Waals surface area contributed by atoms with Crippen LogP contribution in [0.15, 0.2) is 4.99 Å². The maximum absolute atomic E-state index is 5.63. The lowest BCUT2D eigenvalue weighted by Gasteiger charge is -2.30. The van der Waals surface area contributed by atoms with Crippen LogP contribution >= 0.6 is 24.0 Å². The molecule has 0 aromatic heterocycles. The summed E-state index contributed by atoms with van der Waals surface area (Å²) < 4.78 is 5.63. The van der Waals surface area contributed by atoms with Crippen LogP contribution in [-0.2, 0) is 4.74 Å². The average Bonchev–Trinajstić information content (AvgIpc) is 3.07. The van der Waals surface area contributed by atoms with E-state index in [1.54, 1.807) is 0 Å². The van der Waals surface area contributed by atoms with Crippen molar-refractivity contribution in [3.63, 3.8) is 0 Å².